The minimum Gasteiger partial charge on any atom is -0.300 e. The average molecular weight is 190 g/mol. The Labute approximate surface area is 86.1 Å². The molecule has 0 aliphatic heterocycles. The normalized spacial score (nSPS) is 10.1. The van der Waals surface area contributed by atoms with Crippen molar-refractivity contribution in [2.24, 2.45) is 0 Å². The van der Waals surface area contributed by atoms with Gasteiger partial charge in [-0.1, -0.05) is 31.2 Å². The van der Waals surface area contributed by atoms with Gasteiger partial charge < -0.3 is 4.79 Å². The highest BCUT2D eigenvalue weighted by Gasteiger charge is 1.96. The Hall–Kier alpha value is -1.11. The van der Waals surface area contributed by atoms with Crippen LogP contribution in [0, 0.1) is 0 Å². The molecule has 0 atom stereocenters. The van der Waals surface area contributed by atoms with Crippen LogP contribution in [0.4, 0.5) is 0 Å². The fourth-order valence-electron chi connectivity index (χ4n) is 1.48. The van der Waals surface area contributed by atoms with E-state index in [0.29, 0.717) is 6.42 Å². The van der Waals surface area contributed by atoms with E-state index in [1.54, 1.807) is 6.92 Å². The first kappa shape index (κ1) is 11.0. The van der Waals surface area contributed by atoms with Crippen molar-refractivity contribution < 1.29 is 4.79 Å². The van der Waals surface area contributed by atoms with Gasteiger partial charge in [0, 0.05) is 6.42 Å². The lowest BCUT2D eigenvalue weighted by Crippen LogP contribution is -1.92. The minimum atomic E-state index is 0.287. The van der Waals surface area contributed by atoms with Gasteiger partial charge in [0.25, 0.3) is 0 Å². The maximum atomic E-state index is 10.7. The molecule has 0 unspecified atom stereocenters. The molecule has 0 amide bonds. The molecule has 14 heavy (non-hydrogen) atoms. The maximum Gasteiger partial charge on any atom is 0.129 e. The van der Waals surface area contributed by atoms with E-state index in [9.17, 15) is 4.79 Å². The van der Waals surface area contributed by atoms with Gasteiger partial charge in [-0.2, -0.15) is 0 Å². The summed E-state index contributed by atoms with van der Waals surface area (Å²) in [4.78, 5) is 10.7. The third-order valence-corrected chi connectivity index (χ3v) is 2.43. The molecule has 1 aromatic carbocycles. The summed E-state index contributed by atoms with van der Waals surface area (Å²) in [6.07, 6.45) is 3.79. The molecular weight excluding hydrogens is 172 g/mol. The largest absolute Gasteiger partial charge is 0.300 e. The first-order chi connectivity index (χ1) is 6.72. The Kier molecular flexibility index (Phi) is 4.37. The van der Waals surface area contributed by atoms with Gasteiger partial charge >= 0.3 is 0 Å². The zero-order chi connectivity index (χ0) is 10.4. The Morgan fingerprint density at radius 2 is 1.71 bits per heavy atom. The number of benzene rings is 1. The molecule has 0 aromatic heterocycles. The third-order valence-electron chi connectivity index (χ3n) is 2.43. The first-order valence-corrected chi connectivity index (χ1v) is 5.29. The lowest BCUT2D eigenvalue weighted by atomic mass is 10.0. The SMILES string of the molecule is CCc1ccc(CCCC(C)=O)cc1. The van der Waals surface area contributed by atoms with Gasteiger partial charge in [0.1, 0.15) is 5.78 Å². The Morgan fingerprint density at radius 1 is 1.14 bits per heavy atom. The molecule has 0 N–H and O–H groups in total. The molecule has 0 spiro atoms. The monoisotopic (exact) mass is 190 g/mol. The van der Waals surface area contributed by atoms with Crippen LogP contribution < -0.4 is 0 Å². The van der Waals surface area contributed by atoms with Crippen LogP contribution in [0.5, 0.6) is 0 Å². The molecule has 0 saturated carbocycles. The summed E-state index contributed by atoms with van der Waals surface area (Å²) in [6, 6.07) is 8.67. The number of rotatable bonds is 5. The predicted octanol–water partition coefficient (Wildman–Crippen LogP) is 3.16. The van der Waals surface area contributed by atoms with Crippen LogP contribution in [0.2, 0.25) is 0 Å². The van der Waals surface area contributed by atoms with Gasteiger partial charge in [-0.25, -0.2) is 0 Å². The number of hydrogen-bond acceptors (Lipinski definition) is 1. The van der Waals surface area contributed by atoms with Crippen LogP contribution in [0.3, 0.4) is 0 Å². The zero-order valence-electron chi connectivity index (χ0n) is 9.05. The molecule has 0 saturated heterocycles. The number of carbonyl (C=O) groups excluding carboxylic acids is 1. The predicted molar refractivity (Wildman–Crippen MR) is 59.4 cm³/mol. The lowest BCUT2D eigenvalue weighted by molar-refractivity contribution is -0.117. The highest BCUT2D eigenvalue weighted by atomic mass is 16.1. The molecule has 1 rings (SSSR count). The van der Waals surface area contributed by atoms with Gasteiger partial charge in [0.15, 0.2) is 0 Å². The average Bonchev–Trinajstić information content (AvgIpc) is 2.18. The fraction of sp³-hybridized carbons (Fsp3) is 0.462. The van der Waals surface area contributed by atoms with Crippen molar-refractivity contribution in [1.82, 2.24) is 0 Å². The van der Waals surface area contributed by atoms with Crippen molar-refractivity contribution in [3.8, 4) is 0 Å². The number of ketones is 1. The standard InChI is InChI=1S/C13H18O/c1-3-12-7-9-13(10-8-12)6-4-5-11(2)14/h7-10H,3-6H2,1-2H3. The second kappa shape index (κ2) is 5.58. The second-order valence-electron chi connectivity index (χ2n) is 3.73. The van der Waals surface area contributed by atoms with Crippen molar-refractivity contribution in [2.75, 3.05) is 0 Å². The summed E-state index contributed by atoms with van der Waals surface area (Å²) in [5, 5.41) is 0. The third kappa shape index (κ3) is 3.73. The van der Waals surface area contributed by atoms with Gasteiger partial charge in [-0.05, 0) is 37.3 Å². The molecule has 0 aliphatic carbocycles. The quantitative estimate of drug-likeness (QED) is 0.697. The van der Waals surface area contributed by atoms with Gasteiger partial charge in [0.2, 0.25) is 0 Å². The van der Waals surface area contributed by atoms with Crippen molar-refractivity contribution in [2.45, 2.75) is 39.5 Å². The smallest absolute Gasteiger partial charge is 0.129 e. The molecule has 0 heterocycles. The topological polar surface area (TPSA) is 17.1 Å². The molecule has 76 valence electrons. The number of Topliss-reactive ketones (excluding diaryl/α,β-unsaturated/α-hetero) is 1. The van der Waals surface area contributed by atoms with Crippen LogP contribution in [-0.4, -0.2) is 5.78 Å². The Bertz CT molecular complexity index is 285. The van der Waals surface area contributed by atoms with Crippen molar-refractivity contribution in [3.63, 3.8) is 0 Å². The summed E-state index contributed by atoms with van der Waals surface area (Å²) in [7, 11) is 0. The Morgan fingerprint density at radius 3 is 2.21 bits per heavy atom. The van der Waals surface area contributed by atoms with E-state index in [2.05, 4.69) is 31.2 Å². The van der Waals surface area contributed by atoms with E-state index in [1.165, 1.54) is 11.1 Å². The molecular formula is C13H18O. The highest BCUT2D eigenvalue weighted by Crippen LogP contribution is 2.08. The van der Waals surface area contributed by atoms with Crippen molar-refractivity contribution in [1.29, 1.82) is 0 Å². The summed E-state index contributed by atoms with van der Waals surface area (Å²) < 4.78 is 0. The summed E-state index contributed by atoms with van der Waals surface area (Å²) in [5.74, 6) is 0.287. The maximum absolute atomic E-state index is 10.7. The molecule has 0 aliphatic rings. The molecule has 0 fully saturated rings. The molecule has 1 nitrogen and oxygen atoms in total. The van der Waals surface area contributed by atoms with Crippen LogP contribution in [0.1, 0.15) is 37.8 Å². The van der Waals surface area contributed by atoms with Crippen LogP contribution in [0.25, 0.3) is 0 Å². The zero-order valence-corrected chi connectivity index (χ0v) is 9.05. The van der Waals surface area contributed by atoms with Crippen LogP contribution in [-0.2, 0) is 17.6 Å². The van der Waals surface area contributed by atoms with E-state index < -0.39 is 0 Å². The summed E-state index contributed by atoms with van der Waals surface area (Å²) in [6.45, 7) is 3.81. The van der Waals surface area contributed by atoms with E-state index >= 15 is 0 Å². The van der Waals surface area contributed by atoms with E-state index in [1.807, 2.05) is 0 Å². The summed E-state index contributed by atoms with van der Waals surface area (Å²) in [5.41, 5.74) is 2.71. The van der Waals surface area contributed by atoms with Crippen LogP contribution in [0.15, 0.2) is 24.3 Å². The molecule has 0 bridgehead atoms. The fourth-order valence-corrected chi connectivity index (χ4v) is 1.48. The summed E-state index contributed by atoms with van der Waals surface area (Å²) >= 11 is 0. The van der Waals surface area contributed by atoms with E-state index in [0.717, 1.165) is 19.3 Å². The molecule has 1 heteroatoms. The minimum absolute atomic E-state index is 0.287. The van der Waals surface area contributed by atoms with Gasteiger partial charge in [0.05, 0.1) is 0 Å². The number of carbonyl (C=O) groups is 1. The number of hydrogen-bond donors (Lipinski definition) is 0. The van der Waals surface area contributed by atoms with Gasteiger partial charge in [-0.15, -0.1) is 0 Å². The van der Waals surface area contributed by atoms with Crippen molar-refractivity contribution in [3.05, 3.63) is 35.4 Å². The van der Waals surface area contributed by atoms with E-state index in [4.69, 9.17) is 0 Å². The second-order valence-corrected chi connectivity index (χ2v) is 3.73. The first-order valence-electron chi connectivity index (χ1n) is 5.29. The Balaban J connectivity index is 2.40. The van der Waals surface area contributed by atoms with Crippen LogP contribution >= 0.6 is 0 Å². The van der Waals surface area contributed by atoms with E-state index in [-0.39, 0.29) is 5.78 Å². The molecule has 1 aromatic rings. The molecule has 0 radical (unpaired) electrons. The van der Waals surface area contributed by atoms with Crippen molar-refractivity contribution >= 4 is 5.78 Å². The number of aryl methyl sites for hydroxylation is 2. The highest BCUT2D eigenvalue weighted by molar-refractivity contribution is 5.75. The van der Waals surface area contributed by atoms with Gasteiger partial charge in [-0.3, -0.25) is 0 Å². The lowest BCUT2D eigenvalue weighted by Gasteiger charge is -2.01.